The molecule has 2 fully saturated rings. The van der Waals surface area contributed by atoms with E-state index in [0.717, 1.165) is 24.9 Å². The molecule has 2 atom stereocenters. The fraction of sp³-hybridized carbons (Fsp3) is 0.909. The van der Waals surface area contributed by atoms with Crippen molar-refractivity contribution in [2.75, 3.05) is 19.6 Å². The SMILES string of the molecule is N#CCN1CC(N)CC(CC2CC2)C1. The lowest BCUT2D eigenvalue weighted by molar-refractivity contribution is 0.163. The number of piperidine rings is 1. The summed E-state index contributed by atoms with van der Waals surface area (Å²) in [5.41, 5.74) is 5.99. The molecule has 1 heterocycles. The van der Waals surface area contributed by atoms with E-state index in [9.17, 15) is 0 Å². The predicted molar refractivity (Wildman–Crippen MR) is 55.5 cm³/mol. The Morgan fingerprint density at radius 2 is 2.07 bits per heavy atom. The van der Waals surface area contributed by atoms with Gasteiger partial charge in [-0.05, 0) is 24.7 Å². The minimum absolute atomic E-state index is 0.292. The zero-order valence-electron chi connectivity index (χ0n) is 8.65. The number of nitrogens with zero attached hydrogens (tertiary/aromatic N) is 2. The third-order valence-electron chi connectivity index (χ3n) is 3.30. The second-order valence-corrected chi connectivity index (χ2v) is 4.89. The number of hydrogen-bond acceptors (Lipinski definition) is 3. The van der Waals surface area contributed by atoms with Gasteiger partial charge >= 0.3 is 0 Å². The molecule has 1 saturated carbocycles. The van der Waals surface area contributed by atoms with E-state index in [1.807, 2.05) is 0 Å². The number of likely N-dealkylation sites (tertiary alicyclic amines) is 1. The highest BCUT2D eigenvalue weighted by Gasteiger charge is 2.30. The van der Waals surface area contributed by atoms with E-state index < -0.39 is 0 Å². The molecule has 1 aliphatic carbocycles. The first-order chi connectivity index (χ1) is 6.78. The van der Waals surface area contributed by atoms with E-state index in [1.165, 1.54) is 25.7 Å². The van der Waals surface area contributed by atoms with Crippen LogP contribution in [-0.2, 0) is 0 Å². The average Bonchev–Trinajstić information content (AvgIpc) is 2.87. The molecule has 2 rings (SSSR count). The molecule has 0 aromatic heterocycles. The van der Waals surface area contributed by atoms with Gasteiger partial charge in [-0.15, -0.1) is 0 Å². The summed E-state index contributed by atoms with van der Waals surface area (Å²) in [5, 5.41) is 8.65. The Bertz CT molecular complexity index is 227. The van der Waals surface area contributed by atoms with Crippen molar-refractivity contribution in [2.45, 2.75) is 31.7 Å². The molecule has 2 unspecified atom stereocenters. The maximum atomic E-state index is 8.65. The topological polar surface area (TPSA) is 53.0 Å². The lowest BCUT2D eigenvalue weighted by atomic mass is 9.90. The van der Waals surface area contributed by atoms with E-state index in [1.54, 1.807) is 0 Å². The van der Waals surface area contributed by atoms with Crippen LogP contribution in [0.5, 0.6) is 0 Å². The van der Waals surface area contributed by atoms with Crippen molar-refractivity contribution in [3.63, 3.8) is 0 Å². The molecule has 0 aromatic rings. The molecule has 3 nitrogen and oxygen atoms in total. The Labute approximate surface area is 85.9 Å². The molecule has 0 amide bonds. The van der Waals surface area contributed by atoms with Crippen molar-refractivity contribution in [1.82, 2.24) is 4.90 Å². The molecule has 1 saturated heterocycles. The van der Waals surface area contributed by atoms with Gasteiger partial charge in [0.1, 0.15) is 0 Å². The van der Waals surface area contributed by atoms with E-state index in [0.29, 0.717) is 12.6 Å². The molecule has 0 spiro atoms. The van der Waals surface area contributed by atoms with Gasteiger partial charge in [-0.2, -0.15) is 5.26 Å². The summed E-state index contributed by atoms with van der Waals surface area (Å²) < 4.78 is 0. The van der Waals surface area contributed by atoms with Crippen LogP contribution in [0.15, 0.2) is 0 Å². The smallest absolute Gasteiger partial charge is 0.0866 e. The lowest BCUT2D eigenvalue weighted by Gasteiger charge is -2.35. The summed E-state index contributed by atoms with van der Waals surface area (Å²) in [4.78, 5) is 2.21. The Kier molecular flexibility index (Phi) is 3.05. The fourth-order valence-corrected chi connectivity index (χ4v) is 2.57. The van der Waals surface area contributed by atoms with E-state index in [4.69, 9.17) is 11.0 Å². The maximum absolute atomic E-state index is 8.65. The summed E-state index contributed by atoms with van der Waals surface area (Å²) in [6, 6.07) is 2.51. The highest BCUT2D eigenvalue weighted by Crippen LogP contribution is 2.37. The number of nitriles is 1. The van der Waals surface area contributed by atoms with Crippen LogP contribution < -0.4 is 5.73 Å². The molecule has 0 aromatic carbocycles. The zero-order valence-corrected chi connectivity index (χ0v) is 8.65. The summed E-state index contributed by atoms with van der Waals surface area (Å²) in [6.45, 7) is 2.56. The highest BCUT2D eigenvalue weighted by molar-refractivity contribution is 4.88. The van der Waals surface area contributed by atoms with Crippen LogP contribution >= 0.6 is 0 Å². The first-order valence-corrected chi connectivity index (χ1v) is 5.63. The van der Waals surface area contributed by atoms with Crippen LogP contribution in [0.2, 0.25) is 0 Å². The monoisotopic (exact) mass is 193 g/mol. The molecule has 78 valence electrons. The first kappa shape index (κ1) is 9.95. The number of nitrogens with two attached hydrogens (primary N) is 1. The second kappa shape index (κ2) is 4.29. The average molecular weight is 193 g/mol. The van der Waals surface area contributed by atoms with Gasteiger partial charge in [-0.1, -0.05) is 12.8 Å². The van der Waals surface area contributed by atoms with Gasteiger partial charge in [0.15, 0.2) is 0 Å². The zero-order chi connectivity index (χ0) is 9.97. The van der Waals surface area contributed by atoms with Crippen molar-refractivity contribution in [3.05, 3.63) is 0 Å². The van der Waals surface area contributed by atoms with Gasteiger partial charge in [0, 0.05) is 19.1 Å². The van der Waals surface area contributed by atoms with Gasteiger partial charge in [-0.25, -0.2) is 0 Å². The standard InChI is InChI=1S/C11H19N3/c12-3-4-14-7-10(5-9-1-2-9)6-11(13)8-14/h9-11H,1-2,4-8,13H2. The van der Waals surface area contributed by atoms with Gasteiger partial charge in [0.2, 0.25) is 0 Å². The second-order valence-electron chi connectivity index (χ2n) is 4.89. The van der Waals surface area contributed by atoms with E-state index in [2.05, 4.69) is 11.0 Å². The normalized spacial score (nSPS) is 34.0. The number of rotatable bonds is 3. The van der Waals surface area contributed by atoms with E-state index >= 15 is 0 Å². The Hall–Kier alpha value is -0.590. The maximum Gasteiger partial charge on any atom is 0.0866 e. The first-order valence-electron chi connectivity index (χ1n) is 5.63. The van der Waals surface area contributed by atoms with Gasteiger partial charge in [0.25, 0.3) is 0 Å². The summed E-state index contributed by atoms with van der Waals surface area (Å²) >= 11 is 0. The van der Waals surface area contributed by atoms with Crippen LogP contribution in [0.25, 0.3) is 0 Å². The van der Waals surface area contributed by atoms with Gasteiger partial charge in [-0.3, -0.25) is 4.90 Å². The summed E-state index contributed by atoms with van der Waals surface area (Å²) in [7, 11) is 0. The minimum atomic E-state index is 0.292. The third kappa shape index (κ3) is 2.70. The van der Waals surface area contributed by atoms with Crippen molar-refractivity contribution in [2.24, 2.45) is 17.6 Å². The van der Waals surface area contributed by atoms with E-state index in [-0.39, 0.29) is 0 Å². The molecule has 0 bridgehead atoms. The van der Waals surface area contributed by atoms with Crippen LogP contribution in [0, 0.1) is 23.2 Å². The molecular weight excluding hydrogens is 174 g/mol. The molecule has 14 heavy (non-hydrogen) atoms. The largest absolute Gasteiger partial charge is 0.327 e. The molecule has 3 heteroatoms. The quantitative estimate of drug-likeness (QED) is 0.679. The minimum Gasteiger partial charge on any atom is -0.327 e. The summed E-state index contributed by atoms with van der Waals surface area (Å²) in [6.07, 6.45) is 5.35. The van der Waals surface area contributed by atoms with Crippen LogP contribution in [0.4, 0.5) is 0 Å². The van der Waals surface area contributed by atoms with Gasteiger partial charge in [0.05, 0.1) is 12.6 Å². The highest BCUT2D eigenvalue weighted by atomic mass is 15.1. The lowest BCUT2D eigenvalue weighted by Crippen LogP contribution is -2.47. The van der Waals surface area contributed by atoms with Crippen molar-refractivity contribution >= 4 is 0 Å². The van der Waals surface area contributed by atoms with Crippen LogP contribution in [0.1, 0.15) is 25.7 Å². The Balaban J connectivity index is 1.81. The van der Waals surface area contributed by atoms with Crippen molar-refractivity contribution < 1.29 is 0 Å². The predicted octanol–water partition coefficient (Wildman–Crippen LogP) is 0.959. The molecule has 1 aliphatic heterocycles. The van der Waals surface area contributed by atoms with Crippen molar-refractivity contribution in [3.8, 4) is 6.07 Å². The molecule has 2 N–H and O–H groups in total. The Morgan fingerprint density at radius 3 is 2.71 bits per heavy atom. The third-order valence-corrected chi connectivity index (χ3v) is 3.30. The molecule has 0 radical (unpaired) electrons. The Morgan fingerprint density at radius 1 is 1.29 bits per heavy atom. The molecule has 2 aliphatic rings. The number of hydrogen-bond donors (Lipinski definition) is 1. The summed E-state index contributed by atoms with van der Waals surface area (Å²) in [5.74, 6) is 1.73. The van der Waals surface area contributed by atoms with Gasteiger partial charge < -0.3 is 5.73 Å². The van der Waals surface area contributed by atoms with Crippen LogP contribution in [0.3, 0.4) is 0 Å². The fourth-order valence-electron chi connectivity index (χ4n) is 2.57. The van der Waals surface area contributed by atoms with Crippen molar-refractivity contribution in [1.29, 1.82) is 5.26 Å². The molecular formula is C11H19N3. The van der Waals surface area contributed by atoms with Crippen LogP contribution in [-0.4, -0.2) is 30.6 Å².